The van der Waals surface area contributed by atoms with Gasteiger partial charge in [0.15, 0.2) is 5.96 Å². The summed E-state index contributed by atoms with van der Waals surface area (Å²) in [5.41, 5.74) is 2.14. The molecule has 2 rings (SSSR count). The van der Waals surface area contributed by atoms with E-state index in [-0.39, 0.29) is 0 Å². The number of thiazole rings is 1. The Morgan fingerprint density at radius 1 is 1.24 bits per heavy atom. The number of hydrogen-bond donors (Lipinski definition) is 2. The Labute approximate surface area is 134 Å². The fraction of sp³-hybridized carbons (Fsp3) is 0.333. The first-order chi connectivity index (χ1) is 10.1. The average molecular weight is 323 g/mol. The molecule has 2 N–H and O–H groups in total. The van der Waals surface area contributed by atoms with Crippen molar-refractivity contribution in [3.05, 3.63) is 50.4 Å². The minimum atomic E-state index is 0.634. The second kappa shape index (κ2) is 7.43. The summed E-state index contributed by atoms with van der Waals surface area (Å²) in [5, 5.41) is 8.33. The monoisotopic (exact) mass is 322 g/mol. The summed E-state index contributed by atoms with van der Waals surface area (Å²) in [4.78, 5) is 9.96. The molecule has 1 aromatic carbocycles. The third kappa shape index (κ3) is 4.44. The van der Waals surface area contributed by atoms with Gasteiger partial charge in [-0.05, 0) is 25.5 Å². The van der Waals surface area contributed by atoms with E-state index in [1.807, 2.05) is 31.2 Å². The molecule has 0 aliphatic rings. The van der Waals surface area contributed by atoms with Crippen LogP contribution in [0.4, 0.5) is 0 Å². The molecule has 0 aliphatic carbocycles. The van der Waals surface area contributed by atoms with Crippen LogP contribution in [0.3, 0.4) is 0 Å². The van der Waals surface area contributed by atoms with Gasteiger partial charge in [0.05, 0.1) is 12.2 Å². The van der Waals surface area contributed by atoms with Gasteiger partial charge in [-0.3, -0.25) is 4.99 Å². The number of aromatic nitrogens is 1. The number of nitrogens with zero attached hydrogens (tertiary/aromatic N) is 2. The SMILES string of the molecule is CN=C(NCc1nc(C)c(C)s1)NCc1ccccc1Cl. The van der Waals surface area contributed by atoms with E-state index >= 15 is 0 Å². The molecule has 6 heteroatoms. The summed E-state index contributed by atoms with van der Waals surface area (Å²) in [7, 11) is 1.75. The first-order valence-electron chi connectivity index (χ1n) is 6.71. The van der Waals surface area contributed by atoms with Crippen LogP contribution >= 0.6 is 22.9 Å². The molecule has 112 valence electrons. The van der Waals surface area contributed by atoms with Crippen molar-refractivity contribution < 1.29 is 0 Å². The molecule has 0 aliphatic heterocycles. The Kier molecular flexibility index (Phi) is 5.59. The van der Waals surface area contributed by atoms with Crippen LogP contribution in [0.5, 0.6) is 0 Å². The zero-order chi connectivity index (χ0) is 15.2. The highest BCUT2D eigenvalue weighted by Gasteiger charge is 2.05. The fourth-order valence-corrected chi connectivity index (χ4v) is 2.89. The summed E-state index contributed by atoms with van der Waals surface area (Å²) in [5.74, 6) is 0.737. The quantitative estimate of drug-likeness (QED) is 0.671. The number of aryl methyl sites for hydroxylation is 2. The van der Waals surface area contributed by atoms with Gasteiger partial charge >= 0.3 is 0 Å². The molecule has 0 spiro atoms. The van der Waals surface area contributed by atoms with E-state index < -0.39 is 0 Å². The maximum absolute atomic E-state index is 6.14. The number of nitrogens with one attached hydrogen (secondary N) is 2. The van der Waals surface area contributed by atoms with Crippen molar-refractivity contribution in [2.24, 2.45) is 4.99 Å². The molecule has 1 heterocycles. The van der Waals surface area contributed by atoms with Crippen LogP contribution in [0.1, 0.15) is 21.1 Å². The van der Waals surface area contributed by atoms with Crippen LogP contribution < -0.4 is 10.6 Å². The van der Waals surface area contributed by atoms with Gasteiger partial charge in [0.2, 0.25) is 0 Å². The molecule has 4 nitrogen and oxygen atoms in total. The maximum atomic E-state index is 6.14. The predicted molar refractivity (Wildman–Crippen MR) is 90.1 cm³/mol. The van der Waals surface area contributed by atoms with E-state index in [2.05, 4.69) is 27.5 Å². The van der Waals surface area contributed by atoms with Gasteiger partial charge in [-0.15, -0.1) is 11.3 Å². The Morgan fingerprint density at radius 3 is 2.57 bits per heavy atom. The highest BCUT2D eigenvalue weighted by Crippen LogP contribution is 2.16. The minimum absolute atomic E-state index is 0.634. The Hall–Kier alpha value is -1.59. The van der Waals surface area contributed by atoms with Gasteiger partial charge in [-0.2, -0.15) is 0 Å². The lowest BCUT2D eigenvalue weighted by molar-refractivity contribution is 0.803. The van der Waals surface area contributed by atoms with Crippen LogP contribution in [-0.4, -0.2) is 18.0 Å². The summed E-state index contributed by atoms with van der Waals surface area (Å²) in [6, 6.07) is 7.78. The van der Waals surface area contributed by atoms with Crippen LogP contribution in [0.2, 0.25) is 5.02 Å². The number of hydrogen-bond acceptors (Lipinski definition) is 3. The van der Waals surface area contributed by atoms with Gasteiger partial charge < -0.3 is 10.6 Å². The molecule has 0 atom stereocenters. The molecule has 0 saturated carbocycles. The second-order valence-electron chi connectivity index (χ2n) is 4.62. The van der Waals surface area contributed by atoms with Crippen molar-refractivity contribution in [3.8, 4) is 0 Å². The van der Waals surface area contributed by atoms with E-state index in [1.54, 1.807) is 18.4 Å². The summed E-state index contributed by atoms with van der Waals surface area (Å²) < 4.78 is 0. The predicted octanol–water partition coefficient (Wildman–Crippen LogP) is 3.28. The molecular weight excluding hydrogens is 304 g/mol. The summed E-state index contributed by atoms with van der Waals surface area (Å²) in [6.07, 6.45) is 0. The third-order valence-corrected chi connectivity index (χ3v) is 4.55. The van der Waals surface area contributed by atoms with E-state index in [4.69, 9.17) is 11.6 Å². The second-order valence-corrected chi connectivity index (χ2v) is 6.31. The average Bonchev–Trinajstić information content (AvgIpc) is 2.79. The molecule has 2 aromatic rings. The zero-order valence-electron chi connectivity index (χ0n) is 12.4. The van der Waals surface area contributed by atoms with Gasteiger partial charge in [0, 0.05) is 23.5 Å². The Balaban J connectivity index is 1.88. The van der Waals surface area contributed by atoms with Gasteiger partial charge in [-0.1, -0.05) is 29.8 Å². The first kappa shape index (κ1) is 15.8. The van der Waals surface area contributed by atoms with Gasteiger partial charge in [0.25, 0.3) is 0 Å². The topological polar surface area (TPSA) is 49.3 Å². The lowest BCUT2D eigenvalue weighted by Gasteiger charge is -2.11. The summed E-state index contributed by atoms with van der Waals surface area (Å²) in [6.45, 7) is 5.41. The van der Waals surface area contributed by atoms with E-state index in [9.17, 15) is 0 Å². The van der Waals surface area contributed by atoms with E-state index in [1.165, 1.54) is 4.88 Å². The standard InChI is InChI=1S/C15H19ClN4S/c1-10-11(2)21-14(20-10)9-19-15(17-3)18-8-12-6-4-5-7-13(12)16/h4-7H,8-9H2,1-3H3,(H2,17,18,19). The number of halogens is 1. The lowest BCUT2D eigenvalue weighted by Crippen LogP contribution is -2.36. The minimum Gasteiger partial charge on any atom is -0.352 e. The highest BCUT2D eigenvalue weighted by atomic mass is 35.5. The van der Waals surface area contributed by atoms with Crippen molar-refractivity contribution in [1.29, 1.82) is 0 Å². The van der Waals surface area contributed by atoms with Crippen molar-refractivity contribution in [2.75, 3.05) is 7.05 Å². The molecule has 0 bridgehead atoms. The smallest absolute Gasteiger partial charge is 0.191 e. The van der Waals surface area contributed by atoms with Crippen LogP contribution in [-0.2, 0) is 13.1 Å². The number of benzene rings is 1. The maximum Gasteiger partial charge on any atom is 0.191 e. The Bertz CT molecular complexity index is 617. The molecule has 0 unspecified atom stereocenters. The highest BCUT2D eigenvalue weighted by molar-refractivity contribution is 7.11. The number of guanidine groups is 1. The molecule has 0 amide bonds. The number of rotatable bonds is 4. The van der Waals surface area contributed by atoms with Gasteiger partial charge in [-0.25, -0.2) is 4.98 Å². The molecule has 21 heavy (non-hydrogen) atoms. The zero-order valence-corrected chi connectivity index (χ0v) is 14.0. The molecule has 0 saturated heterocycles. The Morgan fingerprint density at radius 2 is 1.95 bits per heavy atom. The molecular formula is C15H19ClN4S. The van der Waals surface area contributed by atoms with Gasteiger partial charge in [0.1, 0.15) is 5.01 Å². The van der Waals surface area contributed by atoms with Crippen LogP contribution in [0, 0.1) is 13.8 Å². The first-order valence-corrected chi connectivity index (χ1v) is 7.90. The molecule has 0 fully saturated rings. The van der Waals surface area contributed by atoms with Crippen molar-refractivity contribution in [3.63, 3.8) is 0 Å². The fourth-order valence-electron chi connectivity index (χ4n) is 1.82. The van der Waals surface area contributed by atoms with Crippen molar-refractivity contribution >= 4 is 28.9 Å². The van der Waals surface area contributed by atoms with Crippen molar-refractivity contribution in [1.82, 2.24) is 15.6 Å². The lowest BCUT2D eigenvalue weighted by atomic mass is 10.2. The molecule has 0 radical (unpaired) electrons. The van der Waals surface area contributed by atoms with E-state index in [0.717, 1.165) is 27.2 Å². The summed E-state index contributed by atoms with van der Waals surface area (Å²) >= 11 is 7.84. The van der Waals surface area contributed by atoms with Crippen molar-refractivity contribution in [2.45, 2.75) is 26.9 Å². The largest absolute Gasteiger partial charge is 0.352 e. The van der Waals surface area contributed by atoms with Crippen LogP contribution in [0.15, 0.2) is 29.3 Å². The van der Waals surface area contributed by atoms with E-state index in [0.29, 0.717) is 13.1 Å². The molecule has 1 aromatic heterocycles. The normalized spacial score (nSPS) is 11.5. The van der Waals surface area contributed by atoms with Crippen LogP contribution in [0.25, 0.3) is 0 Å². The number of aliphatic imine (C=N–C) groups is 1. The third-order valence-electron chi connectivity index (χ3n) is 3.11.